The number of halogens is 1. The minimum absolute atomic E-state index is 0.00625. The van der Waals surface area contributed by atoms with E-state index in [0.29, 0.717) is 6.54 Å². The van der Waals surface area contributed by atoms with Gasteiger partial charge in [-0.3, -0.25) is 9.59 Å². The summed E-state index contributed by atoms with van der Waals surface area (Å²) in [7, 11) is 0. The molecule has 130 valence electrons. The minimum Gasteiger partial charge on any atom is -0.325 e. The molecule has 0 aliphatic carbocycles. The smallest absolute Gasteiger partial charge is 0.229 e. The summed E-state index contributed by atoms with van der Waals surface area (Å²) >= 11 is 3.46. The maximum Gasteiger partial charge on any atom is 0.229 e. The van der Waals surface area contributed by atoms with Crippen LogP contribution in [0.1, 0.15) is 23.1 Å². The van der Waals surface area contributed by atoms with E-state index in [1.54, 1.807) is 4.90 Å². The molecular weight excluding hydrogens is 380 g/mol. The van der Waals surface area contributed by atoms with Crippen LogP contribution in [0.5, 0.6) is 0 Å². The Labute approximate surface area is 156 Å². The van der Waals surface area contributed by atoms with Crippen LogP contribution in [0, 0.1) is 26.7 Å². The first kappa shape index (κ1) is 17.7. The molecule has 2 aromatic rings. The highest BCUT2D eigenvalue weighted by Gasteiger charge is 2.35. The molecule has 1 aliphatic heterocycles. The average Bonchev–Trinajstić information content (AvgIpc) is 2.93. The first-order valence-corrected chi connectivity index (χ1v) is 9.09. The third kappa shape index (κ3) is 3.76. The Morgan fingerprint density at radius 2 is 1.72 bits per heavy atom. The molecule has 2 amide bonds. The van der Waals surface area contributed by atoms with Crippen LogP contribution in [0.25, 0.3) is 0 Å². The molecule has 1 fully saturated rings. The van der Waals surface area contributed by atoms with Crippen molar-refractivity contribution in [3.05, 3.63) is 57.6 Å². The first-order valence-electron chi connectivity index (χ1n) is 8.30. The molecular formula is C20H21BrN2O2. The molecule has 0 unspecified atom stereocenters. The largest absolute Gasteiger partial charge is 0.325 e. The topological polar surface area (TPSA) is 49.4 Å². The van der Waals surface area contributed by atoms with E-state index in [4.69, 9.17) is 0 Å². The monoisotopic (exact) mass is 400 g/mol. The molecule has 0 saturated carbocycles. The van der Waals surface area contributed by atoms with E-state index in [1.807, 2.05) is 57.2 Å². The number of rotatable bonds is 3. The van der Waals surface area contributed by atoms with Gasteiger partial charge in [-0.05, 0) is 56.2 Å². The van der Waals surface area contributed by atoms with Crippen LogP contribution in [0.2, 0.25) is 0 Å². The molecule has 0 bridgehead atoms. The van der Waals surface area contributed by atoms with Gasteiger partial charge in [-0.2, -0.15) is 0 Å². The van der Waals surface area contributed by atoms with E-state index in [1.165, 1.54) is 0 Å². The Hall–Kier alpha value is -2.14. The van der Waals surface area contributed by atoms with Crippen LogP contribution in [-0.2, 0) is 9.59 Å². The van der Waals surface area contributed by atoms with Crippen LogP contribution >= 0.6 is 15.9 Å². The van der Waals surface area contributed by atoms with Crippen molar-refractivity contribution >= 4 is 39.1 Å². The number of carbonyl (C=O) groups excluding carboxylic acids is 2. The second kappa shape index (κ2) is 7.00. The van der Waals surface area contributed by atoms with Gasteiger partial charge in [0.1, 0.15) is 0 Å². The van der Waals surface area contributed by atoms with Gasteiger partial charge in [-0.15, -0.1) is 0 Å². The van der Waals surface area contributed by atoms with Crippen molar-refractivity contribution < 1.29 is 9.59 Å². The molecule has 2 aromatic carbocycles. The van der Waals surface area contributed by atoms with Crippen LogP contribution in [-0.4, -0.2) is 18.4 Å². The fraction of sp³-hybridized carbons (Fsp3) is 0.300. The maximum atomic E-state index is 12.7. The van der Waals surface area contributed by atoms with E-state index < -0.39 is 0 Å². The molecule has 1 atom stereocenters. The number of hydrogen-bond donors (Lipinski definition) is 1. The number of amides is 2. The van der Waals surface area contributed by atoms with Gasteiger partial charge in [0.05, 0.1) is 5.92 Å². The van der Waals surface area contributed by atoms with Crippen molar-refractivity contribution in [2.24, 2.45) is 5.92 Å². The summed E-state index contributed by atoms with van der Waals surface area (Å²) in [5.41, 5.74) is 4.82. The van der Waals surface area contributed by atoms with Gasteiger partial charge in [0.15, 0.2) is 0 Å². The van der Waals surface area contributed by atoms with Crippen molar-refractivity contribution in [3.8, 4) is 0 Å². The SMILES string of the molecule is Cc1ccc(N2C[C@H](C(=O)Nc3c(C)cc(Br)cc3C)CC2=O)cc1. The Morgan fingerprint density at radius 3 is 2.32 bits per heavy atom. The van der Waals surface area contributed by atoms with Crippen LogP contribution in [0.15, 0.2) is 40.9 Å². The number of benzene rings is 2. The lowest BCUT2D eigenvalue weighted by atomic mass is 10.1. The fourth-order valence-electron chi connectivity index (χ4n) is 3.19. The fourth-order valence-corrected chi connectivity index (χ4v) is 3.88. The zero-order valence-corrected chi connectivity index (χ0v) is 16.2. The second-order valence-electron chi connectivity index (χ2n) is 6.64. The summed E-state index contributed by atoms with van der Waals surface area (Å²) < 4.78 is 0.988. The summed E-state index contributed by atoms with van der Waals surface area (Å²) in [6.07, 6.45) is 0.244. The van der Waals surface area contributed by atoms with E-state index in [2.05, 4.69) is 21.2 Å². The van der Waals surface area contributed by atoms with E-state index in [0.717, 1.165) is 32.5 Å². The van der Waals surface area contributed by atoms with Gasteiger partial charge >= 0.3 is 0 Å². The summed E-state index contributed by atoms with van der Waals surface area (Å²) in [5.74, 6) is -0.444. The van der Waals surface area contributed by atoms with Gasteiger partial charge < -0.3 is 10.2 Å². The number of nitrogens with zero attached hydrogens (tertiary/aromatic N) is 1. The zero-order valence-electron chi connectivity index (χ0n) is 14.6. The summed E-state index contributed by atoms with van der Waals surface area (Å²) in [5, 5.41) is 3.01. The standard InChI is InChI=1S/C20H21BrN2O2/c1-12-4-6-17(7-5-12)23-11-15(10-18(23)24)20(25)22-19-13(2)8-16(21)9-14(19)3/h4-9,15H,10-11H2,1-3H3,(H,22,25)/t15-/m1/s1. The highest BCUT2D eigenvalue weighted by molar-refractivity contribution is 9.10. The second-order valence-corrected chi connectivity index (χ2v) is 7.56. The third-order valence-corrected chi connectivity index (χ3v) is 5.04. The summed E-state index contributed by atoms with van der Waals surface area (Å²) in [4.78, 5) is 26.7. The van der Waals surface area contributed by atoms with Gasteiger partial charge in [0.2, 0.25) is 11.8 Å². The number of aryl methyl sites for hydroxylation is 3. The normalized spacial score (nSPS) is 17.0. The van der Waals surface area contributed by atoms with Gasteiger partial charge in [0.25, 0.3) is 0 Å². The molecule has 0 aromatic heterocycles. The first-order chi connectivity index (χ1) is 11.8. The lowest BCUT2D eigenvalue weighted by Crippen LogP contribution is -2.28. The average molecular weight is 401 g/mol. The minimum atomic E-state index is -0.337. The zero-order chi connectivity index (χ0) is 18.1. The Bertz CT molecular complexity index is 807. The third-order valence-electron chi connectivity index (χ3n) is 4.59. The quantitative estimate of drug-likeness (QED) is 0.831. The van der Waals surface area contributed by atoms with Crippen molar-refractivity contribution in [2.75, 3.05) is 16.8 Å². The molecule has 25 heavy (non-hydrogen) atoms. The Kier molecular flexibility index (Phi) is 4.95. The van der Waals surface area contributed by atoms with Crippen LogP contribution < -0.4 is 10.2 Å². The number of carbonyl (C=O) groups is 2. The molecule has 3 rings (SSSR count). The molecule has 1 saturated heterocycles. The molecule has 5 heteroatoms. The van der Waals surface area contributed by atoms with E-state index >= 15 is 0 Å². The molecule has 1 heterocycles. The number of anilines is 2. The van der Waals surface area contributed by atoms with Gasteiger partial charge in [-0.1, -0.05) is 33.6 Å². The summed E-state index contributed by atoms with van der Waals surface area (Å²) in [6.45, 7) is 6.36. The Balaban J connectivity index is 1.74. The van der Waals surface area contributed by atoms with Crippen LogP contribution in [0.4, 0.5) is 11.4 Å². The van der Waals surface area contributed by atoms with E-state index in [9.17, 15) is 9.59 Å². The van der Waals surface area contributed by atoms with Crippen molar-refractivity contribution in [2.45, 2.75) is 27.2 Å². The molecule has 1 aliphatic rings. The lowest BCUT2D eigenvalue weighted by molar-refractivity contribution is -0.122. The van der Waals surface area contributed by atoms with Crippen molar-refractivity contribution in [3.63, 3.8) is 0 Å². The summed E-state index contributed by atoms with van der Waals surface area (Å²) in [6, 6.07) is 11.8. The molecule has 4 nitrogen and oxygen atoms in total. The highest BCUT2D eigenvalue weighted by atomic mass is 79.9. The Morgan fingerprint density at radius 1 is 1.12 bits per heavy atom. The van der Waals surface area contributed by atoms with Gasteiger partial charge in [-0.25, -0.2) is 0 Å². The number of nitrogens with one attached hydrogen (secondary N) is 1. The van der Waals surface area contributed by atoms with Crippen molar-refractivity contribution in [1.82, 2.24) is 0 Å². The predicted octanol–water partition coefficient (Wildman–Crippen LogP) is 4.37. The lowest BCUT2D eigenvalue weighted by Gasteiger charge is -2.18. The molecule has 0 radical (unpaired) electrons. The van der Waals surface area contributed by atoms with E-state index in [-0.39, 0.29) is 24.2 Å². The molecule has 1 N–H and O–H groups in total. The number of hydrogen-bond acceptors (Lipinski definition) is 2. The molecule has 0 spiro atoms. The van der Waals surface area contributed by atoms with Crippen molar-refractivity contribution in [1.29, 1.82) is 0 Å². The van der Waals surface area contributed by atoms with Gasteiger partial charge in [0, 0.05) is 28.8 Å². The maximum absolute atomic E-state index is 12.7. The van der Waals surface area contributed by atoms with Crippen LogP contribution in [0.3, 0.4) is 0 Å². The highest BCUT2D eigenvalue weighted by Crippen LogP contribution is 2.29. The predicted molar refractivity (Wildman–Crippen MR) is 104 cm³/mol.